The molecule has 0 aliphatic carbocycles. The van der Waals surface area contributed by atoms with E-state index in [1.807, 2.05) is 13.1 Å². The number of aryl methyl sites for hydroxylation is 1. The third-order valence-corrected chi connectivity index (χ3v) is 3.59. The number of ether oxygens (including phenoxy) is 1. The third-order valence-electron chi connectivity index (χ3n) is 3.39. The highest BCUT2D eigenvalue weighted by atomic mass is 35.5. The molecule has 19 heavy (non-hydrogen) atoms. The van der Waals surface area contributed by atoms with Gasteiger partial charge in [-0.3, -0.25) is 0 Å². The van der Waals surface area contributed by atoms with Gasteiger partial charge in [-0.2, -0.15) is 0 Å². The van der Waals surface area contributed by atoms with Gasteiger partial charge in [-0.15, -0.1) is 0 Å². The number of furan rings is 1. The van der Waals surface area contributed by atoms with Gasteiger partial charge in [0.2, 0.25) is 0 Å². The van der Waals surface area contributed by atoms with Gasteiger partial charge in [0.15, 0.2) is 5.22 Å². The summed E-state index contributed by atoms with van der Waals surface area (Å²) in [5, 5.41) is 3.62. The predicted molar refractivity (Wildman–Crippen MR) is 77.1 cm³/mol. The zero-order chi connectivity index (χ0) is 14.0. The van der Waals surface area contributed by atoms with Gasteiger partial charge in [0.05, 0.1) is 13.2 Å². The largest absolute Gasteiger partial charge is 0.496 e. The lowest BCUT2D eigenvalue weighted by Crippen LogP contribution is -2.18. The van der Waals surface area contributed by atoms with Crippen molar-refractivity contribution in [3.63, 3.8) is 0 Å². The van der Waals surface area contributed by atoms with Crippen molar-refractivity contribution in [2.45, 2.75) is 19.9 Å². The van der Waals surface area contributed by atoms with Gasteiger partial charge in [0.25, 0.3) is 0 Å². The first-order valence-corrected chi connectivity index (χ1v) is 6.52. The van der Waals surface area contributed by atoms with Crippen LogP contribution < -0.4 is 10.1 Å². The van der Waals surface area contributed by atoms with Crippen LogP contribution in [0.1, 0.15) is 28.5 Å². The second-order valence-electron chi connectivity index (χ2n) is 4.49. The summed E-state index contributed by atoms with van der Waals surface area (Å²) in [4.78, 5) is 0. The van der Waals surface area contributed by atoms with Gasteiger partial charge in [0, 0.05) is 5.56 Å². The van der Waals surface area contributed by atoms with Crippen LogP contribution in [0, 0.1) is 13.8 Å². The van der Waals surface area contributed by atoms with Crippen LogP contribution >= 0.6 is 11.6 Å². The van der Waals surface area contributed by atoms with Gasteiger partial charge >= 0.3 is 0 Å². The van der Waals surface area contributed by atoms with Crippen molar-refractivity contribution >= 4 is 11.6 Å². The quantitative estimate of drug-likeness (QED) is 0.923. The van der Waals surface area contributed by atoms with E-state index in [2.05, 4.69) is 31.3 Å². The summed E-state index contributed by atoms with van der Waals surface area (Å²) in [5.74, 6) is 1.65. The Morgan fingerprint density at radius 3 is 2.47 bits per heavy atom. The minimum Gasteiger partial charge on any atom is -0.496 e. The predicted octanol–water partition coefficient (Wildman–Crippen LogP) is 3.87. The molecule has 0 saturated heterocycles. The Labute approximate surface area is 118 Å². The Bertz CT molecular complexity index is 578. The van der Waals surface area contributed by atoms with Crippen LogP contribution in [0.25, 0.3) is 0 Å². The number of halogens is 1. The zero-order valence-corrected chi connectivity index (χ0v) is 12.3. The topological polar surface area (TPSA) is 34.4 Å². The van der Waals surface area contributed by atoms with Crippen molar-refractivity contribution in [2.75, 3.05) is 14.2 Å². The third kappa shape index (κ3) is 2.62. The van der Waals surface area contributed by atoms with Crippen molar-refractivity contribution in [3.05, 3.63) is 51.9 Å². The van der Waals surface area contributed by atoms with E-state index >= 15 is 0 Å². The minimum atomic E-state index is -0.0817. The Morgan fingerprint density at radius 2 is 1.95 bits per heavy atom. The first-order valence-electron chi connectivity index (χ1n) is 6.15. The first kappa shape index (κ1) is 14.0. The molecule has 1 heterocycles. The number of nitrogens with one attached hydrogen (secondary N) is 1. The number of rotatable bonds is 4. The molecule has 102 valence electrons. The Hall–Kier alpha value is -1.45. The van der Waals surface area contributed by atoms with Crippen LogP contribution in [0.2, 0.25) is 5.22 Å². The fourth-order valence-electron chi connectivity index (χ4n) is 2.24. The van der Waals surface area contributed by atoms with Crippen molar-refractivity contribution < 1.29 is 9.15 Å². The summed E-state index contributed by atoms with van der Waals surface area (Å²) < 4.78 is 11.1. The molecule has 0 radical (unpaired) electrons. The normalized spacial score (nSPS) is 12.5. The highest BCUT2D eigenvalue weighted by Gasteiger charge is 2.21. The van der Waals surface area contributed by atoms with E-state index in [1.165, 1.54) is 5.56 Å². The van der Waals surface area contributed by atoms with Crippen LogP contribution in [0.5, 0.6) is 5.75 Å². The average molecular weight is 280 g/mol. The standard InChI is InChI=1S/C15H18ClNO2/c1-9-5-6-11(15(18-4)10(9)2)14(17-3)12-7-8-13(16)19-12/h5-8,14,17H,1-4H3. The summed E-state index contributed by atoms with van der Waals surface area (Å²) >= 11 is 5.85. The fraction of sp³-hybridized carbons (Fsp3) is 0.333. The molecule has 1 aromatic carbocycles. The van der Waals surface area contributed by atoms with Crippen LogP contribution in [-0.4, -0.2) is 14.2 Å². The molecule has 0 fully saturated rings. The molecule has 0 bridgehead atoms. The Balaban J connectivity index is 2.52. The highest BCUT2D eigenvalue weighted by molar-refractivity contribution is 6.28. The maximum Gasteiger partial charge on any atom is 0.193 e. The Morgan fingerprint density at radius 1 is 1.21 bits per heavy atom. The molecular formula is C15H18ClNO2. The molecule has 1 N–H and O–H groups in total. The molecule has 1 atom stereocenters. The van der Waals surface area contributed by atoms with E-state index in [0.29, 0.717) is 5.22 Å². The van der Waals surface area contributed by atoms with E-state index in [9.17, 15) is 0 Å². The second-order valence-corrected chi connectivity index (χ2v) is 4.87. The fourth-order valence-corrected chi connectivity index (χ4v) is 2.40. The number of hydrogen-bond acceptors (Lipinski definition) is 3. The van der Waals surface area contributed by atoms with Gasteiger partial charge in [-0.05, 0) is 55.8 Å². The number of methoxy groups -OCH3 is 1. The maximum absolute atomic E-state index is 5.85. The molecule has 0 saturated carbocycles. The van der Waals surface area contributed by atoms with Gasteiger partial charge in [0.1, 0.15) is 11.5 Å². The molecule has 2 rings (SSSR count). The lowest BCUT2D eigenvalue weighted by Gasteiger charge is -2.20. The summed E-state index contributed by atoms with van der Waals surface area (Å²) in [5.41, 5.74) is 3.38. The average Bonchev–Trinajstić information content (AvgIpc) is 2.81. The minimum absolute atomic E-state index is 0.0817. The van der Waals surface area contributed by atoms with E-state index in [1.54, 1.807) is 13.2 Å². The van der Waals surface area contributed by atoms with E-state index in [-0.39, 0.29) is 6.04 Å². The van der Waals surface area contributed by atoms with Crippen LogP contribution in [0.3, 0.4) is 0 Å². The number of benzene rings is 1. The van der Waals surface area contributed by atoms with Crippen LogP contribution in [0.15, 0.2) is 28.7 Å². The van der Waals surface area contributed by atoms with Crippen LogP contribution in [0.4, 0.5) is 0 Å². The molecule has 0 aliphatic heterocycles. The smallest absolute Gasteiger partial charge is 0.193 e. The summed E-state index contributed by atoms with van der Waals surface area (Å²) in [6.45, 7) is 4.12. The van der Waals surface area contributed by atoms with Gasteiger partial charge < -0.3 is 14.5 Å². The Kier molecular flexibility index (Phi) is 4.17. The lowest BCUT2D eigenvalue weighted by molar-refractivity contribution is 0.394. The van der Waals surface area contributed by atoms with Crippen molar-refractivity contribution in [2.24, 2.45) is 0 Å². The zero-order valence-electron chi connectivity index (χ0n) is 11.6. The monoisotopic (exact) mass is 279 g/mol. The molecule has 1 aromatic heterocycles. The molecule has 2 aromatic rings. The molecule has 0 amide bonds. The molecule has 1 unspecified atom stereocenters. The summed E-state index contributed by atoms with van der Waals surface area (Å²) in [6.07, 6.45) is 0. The summed E-state index contributed by atoms with van der Waals surface area (Å²) in [7, 11) is 3.57. The van der Waals surface area contributed by atoms with E-state index < -0.39 is 0 Å². The van der Waals surface area contributed by atoms with Gasteiger partial charge in [-0.1, -0.05) is 12.1 Å². The van der Waals surface area contributed by atoms with E-state index in [0.717, 1.165) is 22.6 Å². The molecular weight excluding hydrogens is 262 g/mol. The van der Waals surface area contributed by atoms with Crippen molar-refractivity contribution in [1.29, 1.82) is 0 Å². The van der Waals surface area contributed by atoms with Crippen molar-refractivity contribution in [3.8, 4) is 5.75 Å². The first-order chi connectivity index (χ1) is 9.08. The van der Waals surface area contributed by atoms with Crippen LogP contribution in [-0.2, 0) is 0 Å². The van der Waals surface area contributed by atoms with Crippen molar-refractivity contribution in [1.82, 2.24) is 5.32 Å². The molecule has 0 aliphatic rings. The number of hydrogen-bond donors (Lipinski definition) is 1. The molecule has 0 spiro atoms. The van der Waals surface area contributed by atoms with E-state index in [4.69, 9.17) is 20.8 Å². The van der Waals surface area contributed by atoms with Gasteiger partial charge in [-0.25, -0.2) is 0 Å². The SMILES string of the molecule is CNC(c1ccc(Cl)o1)c1ccc(C)c(C)c1OC. The molecule has 3 nitrogen and oxygen atoms in total. The lowest BCUT2D eigenvalue weighted by atomic mass is 9.98. The summed E-state index contributed by atoms with van der Waals surface area (Å²) in [6, 6.07) is 7.68. The maximum atomic E-state index is 5.85. The molecule has 4 heteroatoms. The highest BCUT2D eigenvalue weighted by Crippen LogP contribution is 2.35. The second kappa shape index (κ2) is 5.68.